The van der Waals surface area contributed by atoms with E-state index in [4.69, 9.17) is 4.74 Å². The second-order valence-corrected chi connectivity index (χ2v) is 6.62. The van der Waals surface area contributed by atoms with Gasteiger partial charge in [-0.05, 0) is 37.2 Å². The predicted molar refractivity (Wildman–Crippen MR) is 95.8 cm³/mol. The maximum absolute atomic E-state index is 10.9. The molecule has 2 nitrogen and oxygen atoms in total. The molecule has 0 aliphatic carbocycles. The molecule has 2 atom stereocenters. The lowest BCUT2D eigenvalue weighted by Crippen LogP contribution is -2.23. The molecule has 1 saturated heterocycles. The van der Waals surface area contributed by atoms with Gasteiger partial charge < -0.3 is 4.74 Å². The molecule has 1 heterocycles. The van der Waals surface area contributed by atoms with Crippen molar-refractivity contribution in [2.75, 3.05) is 13.2 Å². The highest BCUT2D eigenvalue weighted by Crippen LogP contribution is 2.25. The van der Waals surface area contributed by atoms with Crippen LogP contribution in [0.4, 0.5) is 0 Å². The molecule has 0 amide bonds. The summed E-state index contributed by atoms with van der Waals surface area (Å²) in [6.07, 6.45) is 15.2. The smallest absolute Gasteiger partial charge is 0.0822 e. The van der Waals surface area contributed by atoms with Gasteiger partial charge in [-0.2, -0.15) is 0 Å². The van der Waals surface area contributed by atoms with Gasteiger partial charge in [0.1, 0.15) is 0 Å². The lowest BCUT2D eigenvalue weighted by atomic mass is 9.90. The van der Waals surface area contributed by atoms with Gasteiger partial charge >= 0.3 is 0 Å². The van der Waals surface area contributed by atoms with Crippen LogP contribution in [-0.2, 0) is 9.84 Å². The predicted octanol–water partition coefficient (Wildman–Crippen LogP) is 5.66. The summed E-state index contributed by atoms with van der Waals surface area (Å²) in [4.78, 5) is 0. The minimum absolute atomic E-state index is 0.0334. The van der Waals surface area contributed by atoms with Crippen LogP contribution in [0.3, 0.4) is 0 Å². The number of hydrogen-bond donors (Lipinski definition) is 0. The lowest BCUT2D eigenvalue weighted by molar-refractivity contribution is 0.0338. The molecule has 0 N–H and O–H groups in total. The van der Waals surface area contributed by atoms with E-state index in [0.717, 1.165) is 25.9 Å². The molecule has 0 aromatic heterocycles. The van der Waals surface area contributed by atoms with Gasteiger partial charge in [0, 0.05) is 6.61 Å². The molecule has 0 saturated carbocycles. The molecule has 1 aromatic carbocycles. The van der Waals surface area contributed by atoms with Crippen LogP contribution in [0.5, 0.6) is 0 Å². The van der Waals surface area contributed by atoms with Gasteiger partial charge in [0.2, 0.25) is 0 Å². The maximum Gasteiger partial charge on any atom is 0.0822 e. The summed E-state index contributed by atoms with van der Waals surface area (Å²) >= 11 is 0. The van der Waals surface area contributed by atoms with Gasteiger partial charge in [-0.3, -0.25) is 0 Å². The quantitative estimate of drug-likeness (QED) is 0.689. The average Bonchev–Trinajstić information content (AvgIpc) is 2.64. The second kappa shape index (κ2) is 11.4. The summed E-state index contributed by atoms with van der Waals surface area (Å²) in [6.45, 7) is 0.878. The van der Waals surface area contributed by atoms with Crippen LogP contribution in [0.1, 0.15) is 63.4 Å². The molecule has 23 heavy (non-hydrogen) atoms. The van der Waals surface area contributed by atoms with Crippen LogP contribution in [-0.4, -0.2) is 19.3 Å². The molecule has 2 heteroatoms. The van der Waals surface area contributed by atoms with Crippen LogP contribution in [0.25, 0.3) is 6.08 Å². The Kier molecular flexibility index (Phi) is 9.05. The van der Waals surface area contributed by atoms with E-state index >= 15 is 0 Å². The third-order valence-electron chi connectivity index (χ3n) is 4.74. The minimum atomic E-state index is 0.0334. The Bertz CT molecular complexity index is 427. The van der Waals surface area contributed by atoms with E-state index in [1.54, 1.807) is 0 Å². The zero-order valence-corrected chi connectivity index (χ0v) is 14.3. The molecule has 2 unspecified atom stereocenters. The third-order valence-corrected chi connectivity index (χ3v) is 4.74. The number of ether oxygens (including phenoxy) is 1. The Labute approximate surface area is 141 Å². The fraction of sp³-hybridized carbons (Fsp3) is 0.619. The topological polar surface area (TPSA) is 29.1 Å². The first-order chi connectivity index (χ1) is 11.4. The zero-order valence-electron chi connectivity index (χ0n) is 14.3. The highest BCUT2D eigenvalue weighted by molar-refractivity contribution is 5.49. The largest absolute Gasteiger partial charge is 0.374 e. The van der Waals surface area contributed by atoms with E-state index in [1.165, 1.54) is 44.1 Å². The first kappa shape index (κ1) is 18.2. The van der Waals surface area contributed by atoms with Gasteiger partial charge in [-0.15, -0.1) is 0 Å². The standard InChI is InChI=1S/C21H31O2/c22-17-10-14-20-13-8-3-1-2-4-9-18-23-21(20)16-15-19-11-6-5-7-12-19/h5-7,11-12,15-16,20-21H,1-4,8-10,13-14,17-18H2. The van der Waals surface area contributed by atoms with Crippen molar-refractivity contribution in [1.82, 2.24) is 0 Å². The molecule has 1 aromatic rings. The first-order valence-electron chi connectivity index (χ1n) is 9.33. The molecule has 127 valence electrons. The monoisotopic (exact) mass is 315 g/mol. The number of rotatable bonds is 5. The normalized spacial score (nSPS) is 24.4. The Balaban J connectivity index is 2.03. The summed E-state index contributed by atoms with van der Waals surface area (Å²) in [7, 11) is 0. The van der Waals surface area contributed by atoms with Crippen molar-refractivity contribution in [1.29, 1.82) is 0 Å². The average molecular weight is 315 g/mol. The van der Waals surface area contributed by atoms with Gasteiger partial charge in [-0.1, -0.05) is 74.6 Å². The van der Waals surface area contributed by atoms with Crippen LogP contribution in [0, 0.1) is 5.92 Å². The summed E-state index contributed by atoms with van der Waals surface area (Å²) in [5.41, 5.74) is 1.22. The highest BCUT2D eigenvalue weighted by atomic mass is 16.5. The van der Waals surface area contributed by atoms with Crippen molar-refractivity contribution in [3.63, 3.8) is 0 Å². The summed E-state index contributed by atoms with van der Waals surface area (Å²) in [6, 6.07) is 10.4. The van der Waals surface area contributed by atoms with Crippen molar-refractivity contribution in [3.05, 3.63) is 42.0 Å². The SMILES string of the molecule is [O]CCCC1CCCCCCCCOC1C=Cc1ccccc1. The van der Waals surface area contributed by atoms with Crippen LogP contribution in [0.2, 0.25) is 0 Å². The Morgan fingerprint density at radius 1 is 1.00 bits per heavy atom. The molecular weight excluding hydrogens is 284 g/mol. The Morgan fingerprint density at radius 2 is 1.74 bits per heavy atom. The molecule has 0 spiro atoms. The van der Waals surface area contributed by atoms with Crippen LogP contribution < -0.4 is 0 Å². The van der Waals surface area contributed by atoms with E-state index < -0.39 is 0 Å². The van der Waals surface area contributed by atoms with E-state index in [9.17, 15) is 5.11 Å². The second-order valence-electron chi connectivity index (χ2n) is 6.62. The zero-order chi connectivity index (χ0) is 16.2. The number of benzene rings is 1. The van der Waals surface area contributed by atoms with Gasteiger partial charge in [0.25, 0.3) is 0 Å². The van der Waals surface area contributed by atoms with Crippen LogP contribution >= 0.6 is 0 Å². The van der Waals surface area contributed by atoms with Crippen molar-refractivity contribution in [2.24, 2.45) is 5.92 Å². The minimum Gasteiger partial charge on any atom is -0.374 e. The van der Waals surface area contributed by atoms with Crippen molar-refractivity contribution in [2.45, 2.75) is 63.9 Å². The van der Waals surface area contributed by atoms with Crippen molar-refractivity contribution < 1.29 is 9.84 Å². The molecule has 0 bridgehead atoms. The maximum atomic E-state index is 10.9. The number of hydrogen-bond acceptors (Lipinski definition) is 1. The summed E-state index contributed by atoms with van der Waals surface area (Å²) in [5, 5.41) is 10.9. The summed E-state index contributed by atoms with van der Waals surface area (Å²) < 4.78 is 6.22. The third kappa shape index (κ3) is 7.32. The Morgan fingerprint density at radius 3 is 2.52 bits per heavy atom. The van der Waals surface area contributed by atoms with E-state index in [-0.39, 0.29) is 12.7 Å². The van der Waals surface area contributed by atoms with Crippen LogP contribution in [0.15, 0.2) is 36.4 Å². The molecule has 1 aliphatic rings. The fourth-order valence-electron chi connectivity index (χ4n) is 3.37. The Hall–Kier alpha value is -1.12. The molecule has 1 aliphatic heterocycles. The molecule has 1 fully saturated rings. The van der Waals surface area contributed by atoms with Crippen molar-refractivity contribution in [3.8, 4) is 0 Å². The first-order valence-corrected chi connectivity index (χ1v) is 9.33. The summed E-state index contributed by atoms with van der Waals surface area (Å²) in [5.74, 6) is 0.488. The van der Waals surface area contributed by atoms with Gasteiger partial charge in [-0.25, -0.2) is 5.11 Å². The van der Waals surface area contributed by atoms with E-state index in [2.05, 4.69) is 36.4 Å². The fourth-order valence-corrected chi connectivity index (χ4v) is 3.37. The molecule has 1 radical (unpaired) electrons. The molecule has 2 rings (SSSR count). The van der Waals surface area contributed by atoms with E-state index in [0.29, 0.717) is 5.92 Å². The van der Waals surface area contributed by atoms with Gasteiger partial charge in [0.05, 0.1) is 12.7 Å². The van der Waals surface area contributed by atoms with Gasteiger partial charge in [0.15, 0.2) is 0 Å². The molecular formula is C21H31O2. The van der Waals surface area contributed by atoms with E-state index in [1.807, 2.05) is 6.07 Å². The highest BCUT2D eigenvalue weighted by Gasteiger charge is 2.20. The van der Waals surface area contributed by atoms with Crippen molar-refractivity contribution >= 4 is 6.08 Å². The lowest BCUT2D eigenvalue weighted by Gasteiger charge is -2.25.